The molecule has 14 heavy (non-hydrogen) atoms. The summed E-state index contributed by atoms with van der Waals surface area (Å²) in [5.74, 6) is 1.90. The van der Waals surface area contributed by atoms with Gasteiger partial charge in [-0.15, -0.1) is 0 Å². The Labute approximate surface area is 85.5 Å². The van der Waals surface area contributed by atoms with Gasteiger partial charge in [-0.05, 0) is 18.8 Å². The second-order valence-electron chi connectivity index (χ2n) is 4.29. The van der Waals surface area contributed by atoms with Gasteiger partial charge in [-0.3, -0.25) is 0 Å². The first-order valence-electron chi connectivity index (χ1n) is 5.60. The monoisotopic (exact) mass is 193 g/mol. The van der Waals surface area contributed by atoms with Gasteiger partial charge >= 0.3 is 0 Å². The highest BCUT2D eigenvalue weighted by Crippen LogP contribution is 2.19. The molecule has 0 radical (unpaired) electrons. The maximum absolute atomic E-state index is 4.59. The van der Waals surface area contributed by atoms with Crippen molar-refractivity contribution in [1.82, 2.24) is 9.78 Å². The number of unbranched alkanes of at least 4 members (excludes halogenated alkanes) is 1. The van der Waals surface area contributed by atoms with E-state index in [0.717, 1.165) is 19.5 Å². The highest BCUT2D eigenvalue weighted by Gasteiger charge is 2.15. The van der Waals surface area contributed by atoms with Gasteiger partial charge in [0, 0.05) is 19.2 Å². The lowest BCUT2D eigenvalue weighted by atomic mass is 10.1. The molecule has 1 aliphatic heterocycles. The summed E-state index contributed by atoms with van der Waals surface area (Å²) in [6, 6.07) is 2.20. The number of rotatable bonds is 3. The molecule has 0 fully saturated rings. The summed E-state index contributed by atoms with van der Waals surface area (Å²) in [4.78, 5) is 0. The first-order valence-corrected chi connectivity index (χ1v) is 5.60. The Kier molecular flexibility index (Phi) is 2.75. The molecule has 1 aromatic rings. The van der Waals surface area contributed by atoms with Crippen LogP contribution in [-0.2, 0) is 13.0 Å². The molecule has 1 unspecified atom stereocenters. The third-order valence-electron chi connectivity index (χ3n) is 2.73. The van der Waals surface area contributed by atoms with Crippen LogP contribution in [0, 0.1) is 5.92 Å². The summed E-state index contributed by atoms with van der Waals surface area (Å²) >= 11 is 0. The summed E-state index contributed by atoms with van der Waals surface area (Å²) < 4.78 is 2.11. The van der Waals surface area contributed by atoms with Crippen molar-refractivity contribution >= 4 is 5.82 Å². The minimum atomic E-state index is 0.696. The predicted molar refractivity (Wildman–Crippen MR) is 58.5 cm³/mol. The molecule has 78 valence electrons. The highest BCUT2D eigenvalue weighted by molar-refractivity contribution is 5.38. The van der Waals surface area contributed by atoms with E-state index in [9.17, 15) is 0 Å². The molecule has 1 atom stereocenters. The Balaban J connectivity index is 2.07. The van der Waals surface area contributed by atoms with Crippen LogP contribution in [0.1, 0.15) is 32.4 Å². The van der Waals surface area contributed by atoms with Crippen molar-refractivity contribution in [3.05, 3.63) is 11.8 Å². The molecule has 1 aromatic heterocycles. The molecule has 0 aliphatic carbocycles. The zero-order valence-electron chi connectivity index (χ0n) is 9.08. The van der Waals surface area contributed by atoms with E-state index in [1.54, 1.807) is 0 Å². The SMILES string of the molecule is CCCCc1cc2n(n1)CC(C)CN2. The lowest BCUT2D eigenvalue weighted by molar-refractivity contribution is 0.442. The van der Waals surface area contributed by atoms with Gasteiger partial charge in [-0.25, -0.2) is 4.68 Å². The van der Waals surface area contributed by atoms with Gasteiger partial charge in [-0.2, -0.15) is 5.10 Å². The number of nitrogens with one attached hydrogen (secondary N) is 1. The van der Waals surface area contributed by atoms with Crippen molar-refractivity contribution in [2.45, 2.75) is 39.7 Å². The molecule has 2 heterocycles. The molecule has 0 aromatic carbocycles. The molecule has 1 aliphatic rings. The molecule has 2 rings (SSSR count). The Hall–Kier alpha value is -0.990. The first kappa shape index (κ1) is 9.56. The van der Waals surface area contributed by atoms with E-state index >= 15 is 0 Å². The zero-order chi connectivity index (χ0) is 9.97. The van der Waals surface area contributed by atoms with Crippen LogP contribution in [0.3, 0.4) is 0 Å². The zero-order valence-corrected chi connectivity index (χ0v) is 9.08. The lowest BCUT2D eigenvalue weighted by Crippen LogP contribution is -2.25. The highest BCUT2D eigenvalue weighted by atomic mass is 15.3. The topological polar surface area (TPSA) is 29.9 Å². The molecule has 0 amide bonds. The van der Waals surface area contributed by atoms with Gasteiger partial charge in [0.2, 0.25) is 0 Å². The fourth-order valence-electron chi connectivity index (χ4n) is 1.87. The van der Waals surface area contributed by atoms with Crippen LogP contribution in [-0.4, -0.2) is 16.3 Å². The number of anilines is 1. The Morgan fingerprint density at radius 1 is 1.64 bits per heavy atom. The van der Waals surface area contributed by atoms with Crippen molar-refractivity contribution in [2.24, 2.45) is 5.92 Å². The van der Waals surface area contributed by atoms with Crippen LogP contribution in [0.5, 0.6) is 0 Å². The van der Waals surface area contributed by atoms with E-state index in [-0.39, 0.29) is 0 Å². The van der Waals surface area contributed by atoms with Gasteiger partial charge in [0.25, 0.3) is 0 Å². The van der Waals surface area contributed by atoms with Crippen LogP contribution in [0.4, 0.5) is 5.82 Å². The van der Waals surface area contributed by atoms with Crippen LogP contribution < -0.4 is 5.32 Å². The molecule has 0 spiro atoms. The predicted octanol–water partition coefficient (Wildman–Crippen LogP) is 2.29. The normalized spacial score (nSPS) is 20.3. The van der Waals surface area contributed by atoms with Crippen LogP contribution in [0.2, 0.25) is 0 Å². The lowest BCUT2D eigenvalue weighted by Gasteiger charge is -2.21. The molecule has 0 bridgehead atoms. The summed E-state index contributed by atoms with van der Waals surface area (Å²) in [6.45, 7) is 6.62. The number of hydrogen-bond acceptors (Lipinski definition) is 2. The number of nitrogens with zero attached hydrogens (tertiary/aromatic N) is 2. The van der Waals surface area contributed by atoms with Crippen molar-refractivity contribution in [3.8, 4) is 0 Å². The van der Waals surface area contributed by atoms with Crippen LogP contribution in [0.15, 0.2) is 6.07 Å². The Bertz CT molecular complexity index is 303. The third-order valence-corrected chi connectivity index (χ3v) is 2.73. The molecule has 3 heteroatoms. The van der Waals surface area contributed by atoms with E-state index in [2.05, 4.69) is 35.0 Å². The van der Waals surface area contributed by atoms with Gasteiger partial charge < -0.3 is 5.32 Å². The first-order chi connectivity index (χ1) is 6.79. The smallest absolute Gasteiger partial charge is 0.124 e. The maximum Gasteiger partial charge on any atom is 0.124 e. The summed E-state index contributed by atoms with van der Waals surface area (Å²) in [7, 11) is 0. The Morgan fingerprint density at radius 2 is 2.50 bits per heavy atom. The molecule has 3 nitrogen and oxygen atoms in total. The van der Waals surface area contributed by atoms with Crippen molar-refractivity contribution in [2.75, 3.05) is 11.9 Å². The third kappa shape index (κ3) is 1.91. The number of aryl methyl sites for hydroxylation is 1. The van der Waals surface area contributed by atoms with Gasteiger partial charge in [0.1, 0.15) is 5.82 Å². The van der Waals surface area contributed by atoms with E-state index in [1.807, 2.05) is 0 Å². The van der Waals surface area contributed by atoms with Crippen molar-refractivity contribution in [3.63, 3.8) is 0 Å². The summed E-state index contributed by atoms with van der Waals surface area (Å²) in [5.41, 5.74) is 1.24. The van der Waals surface area contributed by atoms with E-state index in [1.165, 1.54) is 24.4 Å². The van der Waals surface area contributed by atoms with E-state index in [4.69, 9.17) is 0 Å². The molecule has 0 saturated heterocycles. The fraction of sp³-hybridized carbons (Fsp3) is 0.727. The second-order valence-corrected chi connectivity index (χ2v) is 4.29. The van der Waals surface area contributed by atoms with Crippen molar-refractivity contribution in [1.29, 1.82) is 0 Å². The number of aromatic nitrogens is 2. The molecular weight excluding hydrogens is 174 g/mol. The number of fused-ring (bicyclic) bond motifs is 1. The minimum Gasteiger partial charge on any atom is -0.370 e. The molecular formula is C11H19N3. The average Bonchev–Trinajstić information content (AvgIpc) is 2.56. The average molecular weight is 193 g/mol. The van der Waals surface area contributed by atoms with Crippen molar-refractivity contribution < 1.29 is 0 Å². The standard InChI is InChI=1S/C11H19N3/c1-3-4-5-10-6-11-12-7-9(2)8-14(11)13-10/h6,9,12H,3-5,7-8H2,1-2H3. The summed E-state index contributed by atoms with van der Waals surface area (Å²) in [5, 5.41) is 8.00. The quantitative estimate of drug-likeness (QED) is 0.798. The minimum absolute atomic E-state index is 0.696. The fourth-order valence-corrected chi connectivity index (χ4v) is 1.87. The molecule has 1 N–H and O–H groups in total. The maximum atomic E-state index is 4.59. The van der Waals surface area contributed by atoms with Crippen LogP contribution >= 0.6 is 0 Å². The number of hydrogen-bond donors (Lipinski definition) is 1. The largest absolute Gasteiger partial charge is 0.370 e. The van der Waals surface area contributed by atoms with Crippen LogP contribution in [0.25, 0.3) is 0 Å². The second kappa shape index (κ2) is 4.03. The Morgan fingerprint density at radius 3 is 3.29 bits per heavy atom. The van der Waals surface area contributed by atoms with Gasteiger partial charge in [0.05, 0.1) is 5.69 Å². The van der Waals surface area contributed by atoms with Gasteiger partial charge in [-0.1, -0.05) is 20.3 Å². The van der Waals surface area contributed by atoms with E-state index in [0.29, 0.717) is 5.92 Å². The van der Waals surface area contributed by atoms with E-state index < -0.39 is 0 Å². The molecule has 0 saturated carbocycles. The van der Waals surface area contributed by atoms with Gasteiger partial charge in [0.15, 0.2) is 0 Å². The summed E-state index contributed by atoms with van der Waals surface area (Å²) in [6.07, 6.45) is 3.60.